The Labute approximate surface area is 118 Å². The fraction of sp³-hybridized carbons (Fsp3) is 0.571. The highest BCUT2D eigenvalue weighted by Gasteiger charge is 2.21. The molecule has 0 N–H and O–H groups in total. The summed E-state index contributed by atoms with van der Waals surface area (Å²) < 4.78 is 1.31. The smallest absolute Gasteiger partial charge is 0.0231 e. The van der Waals surface area contributed by atoms with Crippen molar-refractivity contribution in [2.45, 2.75) is 25.4 Å². The molecule has 94 valence electrons. The van der Waals surface area contributed by atoms with Crippen LogP contribution in [0, 0.1) is 3.57 Å². The van der Waals surface area contributed by atoms with Gasteiger partial charge in [-0.3, -0.25) is 0 Å². The van der Waals surface area contributed by atoms with Gasteiger partial charge in [0.1, 0.15) is 0 Å². The van der Waals surface area contributed by atoms with Gasteiger partial charge in [-0.2, -0.15) is 0 Å². The first-order valence-corrected chi connectivity index (χ1v) is 7.36. The Morgan fingerprint density at radius 3 is 2.65 bits per heavy atom. The molecule has 1 saturated heterocycles. The van der Waals surface area contributed by atoms with Crippen LogP contribution < -0.4 is 0 Å². The Kier molecular flexibility index (Phi) is 4.82. The summed E-state index contributed by atoms with van der Waals surface area (Å²) >= 11 is 2.35. The van der Waals surface area contributed by atoms with Gasteiger partial charge in [0.2, 0.25) is 0 Å². The number of nitrogens with zero attached hydrogens (tertiary/aromatic N) is 2. The van der Waals surface area contributed by atoms with Crippen LogP contribution in [0.4, 0.5) is 0 Å². The summed E-state index contributed by atoms with van der Waals surface area (Å²) in [6.45, 7) is 3.51. The van der Waals surface area contributed by atoms with Crippen LogP contribution in [0.15, 0.2) is 24.3 Å². The zero-order valence-corrected chi connectivity index (χ0v) is 12.9. The molecule has 3 heteroatoms. The number of likely N-dealkylation sites (N-methyl/N-ethyl adjacent to an activating group) is 2. The van der Waals surface area contributed by atoms with E-state index in [1.54, 1.807) is 0 Å². The van der Waals surface area contributed by atoms with Crippen LogP contribution in [0.25, 0.3) is 0 Å². The third-order valence-electron chi connectivity index (χ3n) is 3.56. The van der Waals surface area contributed by atoms with Crippen LogP contribution in [-0.2, 0) is 6.54 Å². The number of hydrogen-bond donors (Lipinski definition) is 0. The second kappa shape index (κ2) is 6.16. The third kappa shape index (κ3) is 3.93. The first-order valence-electron chi connectivity index (χ1n) is 6.28. The van der Waals surface area contributed by atoms with E-state index < -0.39 is 0 Å². The van der Waals surface area contributed by atoms with Crippen LogP contribution >= 0.6 is 22.6 Å². The highest BCUT2D eigenvalue weighted by atomic mass is 127. The van der Waals surface area contributed by atoms with Gasteiger partial charge >= 0.3 is 0 Å². The predicted octanol–water partition coefficient (Wildman–Crippen LogP) is 2.82. The van der Waals surface area contributed by atoms with Gasteiger partial charge in [-0.15, -0.1) is 0 Å². The van der Waals surface area contributed by atoms with Gasteiger partial charge in [0, 0.05) is 22.7 Å². The Morgan fingerprint density at radius 1 is 1.35 bits per heavy atom. The largest absolute Gasteiger partial charge is 0.302 e. The third-order valence-corrected chi connectivity index (χ3v) is 4.28. The lowest BCUT2D eigenvalue weighted by atomic mass is 10.2. The topological polar surface area (TPSA) is 6.48 Å². The van der Waals surface area contributed by atoms with Gasteiger partial charge in [-0.1, -0.05) is 12.1 Å². The van der Waals surface area contributed by atoms with Crippen molar-refractivity contribution in [3.8, 4) is 0 Å². The van der Waals surface area contributed by atoms with Crippen molar-refractivity contribution >= 4 is 22.6 Å². The number of hydrogen-bond acceptors (Lipinski definition) is 2. The number of rotatable bonds is 4. The van der Waals surface area contributed by atoms with Crippen LogP contribution in [-0.4, -0.2) is 43.0 Å². The van der Waals surface area contributed by atoms with E-state index >= 15 is 0 Å². The summed E-state index contributed by atoms with van der Waals surface area (Å²) in [5.41, 5.74) is 1.41. The molecule has 0 aromatic heterocycles. The minimum Gasteiger partial charge on any atom is -0.302 e. The van der Waals surface area contributed by atoms with E-state index in [9.17, 15) is 0 Å². The second-order valence-corrected chi connectivity index (χ2v) is 6.35. The van der Waals surface area contributed by atoms with Crippen molar-refractivity contribution in [2.24, 2.45) is 0 Å². The molecular weight excluding hydrogens is 323 g/mol. The Balaban J connectivity index is 1.84. The van der Waals surface area contributed by atoms with Crippen molar-refractivity contribution in [3.05, 3.63) is 33.4 Å². The molecule has 2 nitrogen and oxygen atoms in total. The predicted molar refractivity (Wildman–Crippen MR) is 81.1 cm³/mol. The summed E-state index contributed by atoms with van der Waals surface area (Å²) in [5, 5.41) is 0. The summed E-state index contributed by atoms with van der Waals surface area (Å²) in [7, 11) is 4.47. The van der Waals surface area contributed by atoms with Crippen LogP contribution in [0.1, 0.15) is 18.4 Å². The van der Waals surface area contributed by atoms with E-state index in [4.69, 9.17) is 0 Å². The van der Waals surface area contributed by atoms with E-state index in [0.29, 0.717) is 0 Å². The number of halogens is 1. The molecule has 2 rings (SSSR count). The molecule has 17 heavy (non-hydrogen) atoms. The molecule has 1 aliphatic rings. The fourth-order valence-corrected chi connectivity index (χ4v) is 2.90. The lowest BCUT2D eigenvalue weighted by molar-refractivity contribution is 0.215. The minimum absolute atomic E-state index is 0.754. The van der Waals surface area contributed by atoms with E-state index in [0.717, 1.165) is 12.6 Å². The zero-order chi connectivity index (χ0) is 12.3. The van der Waals surface area contributed by atoms with Crippen LogP contribution in [0.3, 0.4) is 0 Å². The molecule has 1 atom stereocenters. The summed E-state index contributed by atoms with van der Waals surface area (Å²) in [5.74, 6) is 0. The maximum absolute atomic E-state index is 2.49. The summed E-state index contributed by atoms with van der Waals surface area (Å²) in [6.07, 6.45) is 2.71. The molecule has 0 aliphatic carbocycles. The average Bonchev–Trinajstić information content (AvgIpc) is 2.68. The zero-order valence-electron chi connectivity index (χ0n) is 10.7. The molecule has 1 heterocycles. The van der Waals surface area contributed by atoms with Gasteiger partial charge in [-0.25, -0.2) is 0 Å². The van der Waals surface area contributed by atoms with Crippen molar-refractivity contribution in [1.29, 1.82) is 0 Å². The molecule has 1 unspecified atom stereocenters. The number of likely N-dealkylation sites (tertiary alicyclic amines) is 1. The molecule has 0 amide bonds. The molecular formula is C14H21IN2. The Morgan fingerprint density at radius 2 is 2.06 bits per heavy atom. The molecule has 0 bridgehead atoms. The van der Waals surface area contributed by atoms with E-state index in [1.165, 1.54) is 35.1 Å². The van der Waals surface area contributed by atoms with Crippen molar-refractivity contribution in [1.82, 2.24) is 9.80 Å². The van der Waals surface area contributed by atoms with Crippen molar-refractivity contribution in [2.75, 3.05) is 27.2 Å². The van der Waals surface area contributed by atoms with Gasteiger partial charge in [-0.05, 0) is 73.8 Å². The van der Waals surface area contributed by atoms with Crippen LogP contribution in [0.5, 0.6) is 0 Å². The minimum atomic E-state index is 0.754. The Hall–Kier alpha value is -0.130. The van der Waals surface area contributed by atoms with Gasteiger partial charge in [0.25, 0.3) is 0 Å². The van der Waals surface area contributed by atoms with Crippen LogP contribution in [0.2, 0.25) is 0 Å². The fourth-order valence-electron chi connectivity index (χ4n) is 2.54. The van der Waals surface area contributed by atoms with Gasteiger partial charge in [0.05, 0.1) is 0 Å². The molecule has 1 aliphatic heterocycles. The maximum Gasteiger partial charge on any atom is 0.0231 e. The number of benzene rings is 1. The van der Waals surface area contributed by atoms with Gasteiger partial charge in [0.15, 0.2) is 0 Å². The molecule has 1 fully saturated rings. The quantitative estimate of drug-likeness (QED) is 0.775. The molecule has 1 aromatic rings. The SMILES string of the molecule is CN(Cc1ccc(I)cc1)CC1CCCN1C. The highest BCUT2D eigenvalue weighted by Crippen LogP contribution is 2.16. The van der Waals surface area contributed by atoms with Gasteiger partial charge < -0.3 is 9.80 Å². The first-order chi connectivity index (χ1) is 8.15. The molecule has 0 radical (unpaired) electrons. The van der Waals surface area contributed by atoms with E-state index in [2.05, 4.69) is 70.8 Å². The lowest BCUT2D eigenvalue weighted by Gasteiger charge is -2.25. The van der Waals surface area contributed by atoms with E-state index in [-0.39, 0.29) is 0 Å². The average molecular weight is 344 g/mol. The molecule has 0 spiro atoms. The first kappa shape index (κ1) is 13.3. The standard InChI is InChI=1S/C14H21IN2/c1-16(11-14-4-3-9-17(14)2)10-12-5-7-13(15)8-6-12/h5-8,14H,3-4,9-11H2,1-2H3. The highest BCUT2D eigenvalue weighted by molar-refractivity contribution is 14.1. The molecule has 0 saturated carbocycles. The monoisotopic (exact) mass is 344 g/mol. The summed E-state index contributed by atoms with van der Waals surface area (Å²) in [6, 6.07) is 9.59. The van der Waals surface area contributed by atoms with E-state index in [1.807, 2.05) is 0 Å². The van der Waals surface area contributed by atoms with Crippen molar-refractivity contribution in [3.63, 3.8) is 0 Å². The normalized spacial score (nSPS) is 21.3. The lowest BCUT2D eigenvalue weighted by Crippen LogP contribution is -2.36. The summed E-state index contributed by atoms with van der Waals surface area (Å²) in [4.78, 5) is 4.93. The van der Waals surface area contributed by atoms with Crippen molar-refractivity contribution < 1.29 is 0 Å². The molecule has 1 aromatic carbocycles. The Bertz CT molecular complexity index is 350. The second-order valence-electron chi connectivity index (χ2n) is 5.10. The maximum atomic E-state index is 2.49.